The first-order valence-electron chi connectivity index (χ1n) is 8.68. The van der Waals surface area contributed by atoms with Crippen LogP contribution in [-0.4, -0.2) is 46.7 Å². The highest BCUT2D eigenvalue weighted by molar-refractivity contribution is 5.67. The first-order chi connectivity index (χ1) is 12.6. The minimum Gasteiger partial charge on any atom is -0.450 e. The maximum Gasteiger partial charge on any atom is 0.409 e. The van der Waals surface area contributed by atoms with E-state index in [9.17, 15) is 9.18 Å². The van der Waals surface area contributed by atoms with Crippen molar-refractivity contribution in [2.75, 3.05) is 30.3 Å². The van der Waals surface area contributed by atoms with Gasteiger partial charge < -0.3 is 20.3 Å². The average molecular weight is 359 g/mol. The Balaban J connectivity index is 1.55. The van der Waals surface area contributed by atoms with E-state index in [4.69, 9.17) is 4.74 Å². The third-order valence-corrected chi connectivity index (χ3v) is 4.11. The van der Waals surface area contributed by atoms with Gasteiger partial charge in [-0.25, -0.2) is 14.2 Å². The number of nitrogens with one attached hydrogen (secondary N) is 2. The lowest BCUT2D eigenvalue weighted by Crippen LogP contribution is -2.42. The fraction of sp³-hybridized carbons (Fsp3) is 0.389. The van der Waals surface area contributed by atoms with Gasteiger partial charge in [-0.3, -0.25) is 0 Å². The molecule has 1 saturated heterocycles. The molecule has 1 aliphatic rings. The number of ether oxygens (including phenoxy) is 1. The predicted octanol–water partition coefficient (Wildman–Crippen LogP) is 3.39. The van der Waals surface area contributed by atoms with E-state index in [-0.39, 0.29) is 18.0 Å². The molecule has 2 N–H and O–H groups in total. The molecule has 1 aromatic heterocycles. The number of hydrogen-bond donors (Lipinski definition) is 2. The maximum atomic E-state index is 13.3. The van der Waals surface area contributed by atoms with Gasteiger partial charge in [-0.05, 0) is 44.0 Å². The number of carbonyl (C=O) groups is 1. The minimum atomic E-state index is -0.309. The highest BCUT2D eigenvalue weighted by Crippen LogP contribution is 2.18. The molecule has 2 heterocycles. The Morgan fingerprint density at radius 1 is 1.35 bits per heavy atom. The summed E-state index contributed by atoms with van der Waals surface area (Å²) in [6, 6.07) is 8.10. The number of benzene rings is 1. The van der Waals surface area contributed by atoms with Crippen LogP contribution in [0.25, 0.3) is 0 Å². The molecule has 138 valence electrons. The van der Waals surface area contributed by atoms with E-state index in [0.29, 0.717) is 37.1 Å². The molecule has 2 aromatic rings. The van der Waals surface area contributed by atoms with Gasteiger partial charge in [0.2, 0.25) is 5.95 Å². The fourth-order valence-corrected chi connectivity index (χ4v) is 2.82. The second-order valence-electron chi connectivity index (χ2n) is 6.01. The summed E-state index contributed by atoms with van der Waals surface area (Å²) < 4.78 is 18.3. The summed E-state index contributed by atoms with van der Waals surface area (Å²) in [6.07, 6.45) is 2.97. The molecule has 0 unspecified atom stereocenters. The first-order valence-corrected chi connectivity index (χ1v) is 8.68. The summed E-state index contributed by atoms with van der Waals surface area (Å²) in [5, 5.41) is 6.35. The van der Waals surface area contributed by atoms with Crippen molar-refractivity contribution in [2.24, 2.45) is 0 Å². The number of amides is 1. The van der Waals surface area contributed by atoms with Gasteiger partial charge in [-0.2, -0.15) is 4.98 Å². The van der Waals surface area contributed by atoms with E-state index in [1.165, 1.54) is 12.1 Å². The van der Waals surface area contributed by atoms with Crippen LogP contribution in [-0.2, 0) is 4.74 Å². The van der Waals surface area contributed by atoms with Gasteiger partial charge in [0.05, 0.1) is 6.61 Å². The van der Waals surface area contributed by atoms with E-state index < -0.39 is 0 Å². The zero-order chi connectivity index (χ0) is 18.4. The molecule has 26 heavy (non-hydrogen) atoms. The number of hydrogen-bond acceptors (Lipinski definition) is 6. The van der Waals surface area contributed by atoms with Crippen molar-refractivity contribution in [3.05, 3.63) is 42.3 Å². The van der Waals surface area contributed by atoms with Crippen LogP contribution in [0, 0.1) is 5.82 Å². The molecule has 1 aromatic carbocycles. The lowest BCUT2D eigenvalue weighted by molar-refractivity contribution is 0.0983. The summed E-state index contributed by atoms with van der Waals surface area (Å²) in [5.74, 6) is 0.772. The number of carbonyl (C=O) groups excluding carboxylic acids is 1. The molecule has 0 spiro atoms. The Labute approximate surface area is 151 Å². The standard InChI is InChI=1S/C18H22FN5O2/c1-2-26-18(25)24-10-7-14(8-11-24)22-17-20-9-6-16(23-17)21-15-5-3-4-13(19)12-15/h3-6,9,12,14H,2,7-8,10-11H2,1H3,(H2,20,21,22,23). The van der Waals surface area contributed by atoms with Crippen LogP contribution in [0.3, 0.4) is 0 Å². The molecule has 8 heteroatoms. The zero-order valence-electron chi connectivity index (χ0n) is 14.6. The maximum absolute atomic E-state index is 13.3. The van der Waals surface area contributed by atoms with Crippen LogP contribution in [0.1, 0.15) is 19.8 Å². The number of anilines is 3. The Bertz CT molecular complexity index is 750. The number of piperidine rings is 1. The normalized spacial score (nSPS) is 14.8. The Kier molecular flexibility index (Phi) is 5.83. The van der Waals surface area contributed by atoms with Crippen molar-refractivity contribution in [1.29, 1.82) is 0 Å². The lowest BCUT2D eigenvalue weighted by atomic mass is 10.1. The average Bonchev–Trinajstić information content (AvgIpc) is 2.63. The zero-order valence-corrected chi connectivity index (χ0v) is 14.6. The van der Waals surface area contributed by atoms with Crippen molar-refractivity contribution in [1.82, 2.24) is 14.9 Å². The van der Waals surface area contributed by atoms with Gasteiger partial charge in [0.25, 0.3) is 0 Å². The number of aromatic nitrogens is 2. The molecule has 0 radical (unpaired) electrons. The molecule has 0 saturated carbocycles. The smallest absolute Gasteiger partial charge is 0.409 e. The molecule has 1 aliphatic heterocycles. The fourth-order valence-electron chi connectivity index (χ4n) is 2.82. The highest BCUT2D eigenvalue weighted by Gasteiger charge is 2.23. The third-order valence-electron chi connectivity index (χ3n) is 4.11. The van der Waals surface area contributed by atoms with Gasteiger partial charge in [-0.1, -0.05) is 6.07 Å². The number of nitrogens with zero attached hydrogens (tertiary/aromatic N) is 3. The highest BCUT2D eigenvalue weighted by atomic mass is 19.1. The Morgan fingerprint density at radius 3 is 2.88 bits per heavy atom. The van der Waals surface area contributed by atoms with Crippen molar-refractivity contribution in [3.63, 3.8) is 0 Å². The van der Waals surface area contributed by atoms with Gasteiger partial charge in [0, 0.05) is 31.0 Å². The number of rotatable bonds is 5. The van der Waals surface area contributed by atoms with Gasteiger partial charge in [0.15, 0.2) is 0 Å². The minimum absolute atomic E-state index is 0.185. The van der Waals surface area contributed by atoms with Crippen molar-refractivity contribution >= 4 is 23.5 Å². The van der Waals surface area contributed by atoms with Gasteiger partial charge >= 0.3 is 6.09 Å². The SMILES string of the molecule is CCOC(=O)N1CCC(Nc2nccc(Nc3cccc(F)c3)n2)CC1. The van der Waals surface area contributed by atoms with E-state index in [1.54, 1.807) is 36.2 Å². The number of halogens is 1. The lowest BCUT2D eigenvalue weighted by Gasteiger charge is -2.31. The molecule has 1 amide bonds. The van der Waals surface area contributed by atoms with Crippen LogP contribution in [0.15, 0.2) is 36.5 Å². The summed E-state index contributed by atoms with van der Waals surface area (Å²) in [4.78, 5) is 22.1. The van der Waals surface area contributed by atoms with Crippen LogP contribution in [0.4, 0.5) is 26.6 Å². The molecule has 0 bridgehead atoms. The second-order valence-corrected chi connectivity index (χ2v) is 6.01. The quantitative estimate of drug-likeness (QED) is 0.852. The predicted molar refractivity (Wildman–Crippen MR) is 97.0 cm³/mol. The molecule has 3 rings (SSSR count). The summed E-state index contributed by atoms with van der Waals surface area (Å²) >= 11 is 0. The Hall–Kier alpha value is -2.90. The summed E-state index contributed by atoms with van der Waals surface area (Å²) in [5.41, 5.74) is 0.623. The van der Waals surface area contributed by atoms with Crippen molar-refractivity contribution in [3.8, 4) is 0 Å². The van der Waals surface area contributed by atoms with E-state index >= 15 is 0 Å². The summed E-state index contributed by atoms with van der Waals surface area (Å²) in [6.45, 7) is 3.46. The molecular formula is C18H22FN5O2. The van der Waals surface area contributed by atoms with Crippen LogP contribution >= 0.6 is 0 Å². The topological polar surface area (TPSA) is 79.4 Å². The second kappa shape index (κ2) is 8.46. The summed E-state index contributed by atoms with van der Waals surface area (Å²) in [7, 11) is 0. The molecule has 0 atom stereocenters. The van der Waals surface area contributed by atoms with Crippen LogP contribution < -0.4 is 10.6 Å². The van der Waals surface area contributed by atoms with Crippen molar-refractivity contribution in [2.45, 2.75) is 25.8 Å². The van der Waals surface area contributed by atoms with E-state index in [2.05, 4.69) is 20.6 Å². The molecule has 7 nitrogen and oxygen atoms in total. The largest absolute Gasteiger partial charge is 0.450 e. The first kappa shape index (κ1) is 17.9. The Morgan fingerprint density at radius 2 is 2.15 bits per heavy atom. The molecule has 1 fully saturated rings. The number of likely N-dealkylation sites (tertiary alicyclic amines) is 1. The molecular weight excluding hydrogens is 337 g/mol. The van der Waals surface area contributed by atoms with Gasteiger partial charge in [-0.15, -0.1) is 0 Å². The molecule has 0 aliphatic carbocycles. The van der Waals surface area contributed by atoms with Crippen LogP contribution in [0.2, 0.25) is 0 Å². The van der Waals surface area contributed by atoms with E-state index in [1.807, 2.05) is 0 Å². The van der Waals surface area contributed by atoms with Crippen molar-refractivity contribution < 1.29 is 13.9 Å². The monoisotopic (exact) mass is 359 g/mol. The van der Waals surface area contributed by atoms with E-state index in [0.717, 1.165) is 12.8 Å². The van der Waals surface area contributed by atoms with Crippen LogP contribution in [0.5, 0.6) is 0 Å². The van der Waals surface area contributed by atoms with Gasteiger partial charge in [0.1, 0.15) is 11.6 Å². The third kappa shape index (κ3) is 4.81.